The van der Waals surface area contributed by atoms with Crippen molar-refractivity contribution in [2.45, 2.75) is 6.92 Å². The second kappa shape index (κ2) is 6.63. The number of rotatable bonds is 4. The predicted molar refractivity (Wildman–Crippen MR) is 86.4 cm³/mol. The van der Waals surface area contributed by atoms with Crippen LogP contribution in [-0.2, 0) is 0 Å². The lowest BCUT2D eigenvalue weighted by atomic mass is 10.1. The topological polar surface area (TPSA) is 47.6 Å². The van der Waals surface area contributed by atoms with Crippen LogP contribution in [0.15, 0.2) is 40.9 Å². The van der Waals surface area contributed by atoms with E-state index in [1.165, 1.54) is 0 Å². The number of carbonyl (C=O) groups excluding carboxylic acids is 1. The fourth-order valence-corrected chi connectivity index (χ4v) is 2.29. The van der Waals surface area contributed by atoms with E-state index in [4.69, 9.17) is 9.47 Å². The van der Waals surface area contributed by atoms with Crippen molar-refractivity contribution in [1.82, 2.24) is 0 Å². The molecule has 2 aromatic carbocycles. The third-order valence-electron chi connectivity index (χ3n) is 3.08. The number of carbonyl (C=O) groups is 1. The lowest BCUT2D eigenvalue weighted by Gasteiger charge is -2.12. The lowest BCUT2D eigenvalue weighted by Crippen LogP contribution is -2.13. The maximum Gasteiger partial charge on any atom is 0.255 e. The summed E-state index contributed by atoms with van der Waals surface area (Å²) in [6.45, 7) is 1.93. The first kappa shape index (κ1) is 15.4. The monoisotopic (exact) mass is 349 g/mol. The van der Waals surface area contributed by atoms with Crippen LogP contribution in [0.25, 0.3) is 0 Å². The van der Waals surface area contributed by atoms with E-state index in [0.717, 1.165) is 10.0 Å². The Kier molecular flexibility index (Phi) is 4.85. The first-order valence-electron chi connectivity index (χ1n) is 6.34. The molecule has 0 fully saturated rings. The van der Waals surface area contributed by atoms with Crippen molar-refractivity contribution in [3.63, 3.8) is 0 Å². The third-order valence-corrected chi connectivity index (χ3v) is 3.57. The summed E-state index contributed by atoms with van der Waals surface area (Å²) in [5, 5.41) is 2.84. The van der Waals surface area contributed by atoms with Crippen molar-refractivity contribution in [3.8, 4) is 11.5 Å². The molecule has 0 aliphatic rings. The van der Waals surface area contributed by atoms with Gasteiger partial charge in [0.15, 0.2) is 0 Å². The van der Waals surface area contributed by atoms with E-state index in [-0.39, 0.29) is 5.91 Å². The van der Waals surface area contributed by atoms with Crippen molar-refractivity contribution in [2.75, 3.05) is 19.5 Å². The van der Waals surface area contributed by atoms with Crippen LogP contribution in [0.4, 0.5) is 5.69 Å². The van der Waals surface area contributed by atoms with Crippen LogP contribution in [0, 0.1) is 6.92 Å². The molecular weight excluding hydrogens is 334 g/mol. The summed E-state index contributed by atoms with van der Waals surface area (Å²) in [5.74, 6) is 1.07. The number of methoxy groups -OCH3 is 2. The highest BCUT2D eigenvalue weighted by Gasteiger charge is 2.12. The smallest absolute Gasteiger partial charge is 0.255 e. The predicted octanol–water partition coefficient (Wildman–Crippen LogP) is 4.03. The van der Waals surface area contributed by atoms with E-state index in [1.54, 1.807) is 38.5 Å². The van der Waals surface area contributed by atoms with Crippen molar-refractivity contribution in [2.24, 2.45) is 0 Å². The number of halogens is 1. The molecule has 21 heavy (non-hydrogen) atoms. The first-order valence-corrected chi connectivity index (χ1v) is 7.14. The number of hydrogen-bond acceptors (Lipinski definition) is 3. The van der Waals surface area contributed by atoms with Crippen molar-refractivity contribution >= 4 is 27.5 Å². The summed E-state index contributed by atoms with van der Waals surface area (Å²) in [6.07, 6.45) is 0. The Bertz CT molecular complexity index is 671. The molecule has 0 radical (unpaired) electrons. The van der Waals surface area contributed by atoms with Crippen LogP contribution in [-0.4, -0.2) is 20.1 Å². The lowest BCUT2D eigenvalue weighted by molar-refractivity contribution is 0.102. The number of anilines is 1. The first-order chi connectivity index (χ1) is 10.0. The summed E-state index contributed by atoms with van der Waals surface area (Å²) in [6, 6.07) is 10.8. The highest BCUT2D eigenvalue weighted by molar-refractivity contribution is 9.10. The summed E-state index contributed by atoms with van der Waals surface area (Å²) in [5.41, 5.74) is 2.12. The fraction of sp³-hybridized carbons (Fsp3) is 0.188. The zero-order chi connectivity index (χ0) is 15.4. The van der Waals surface area contributed by atoms with Gasteiger partial charge in [-0.25, -0.2) is 0 Å². The van der Waals surface area contributed by atoms with E-state index in [1.807, 2.05) is 19.1 Å². The van der Waals surface area contributed by atoms with Gasteiger partial charge in [0.25, 0.3) is 5.91 Å². The number of ether oxygens (including phenoxy) is 2. The summed E-state index contributed by atoms with van der Waals surface area (Å²) in [7, 11) is 3.15. The number of hydrogen-bond donors (Lipinski definition) is 1. The Morgan fingerprint density at radius 2 is 1.76 bits per heavy atom. The van der Waals surface area contributed by atoms with Gasteiger partial charge in [-0.05, 0) is 42.8 Å². The Morgan fingerprint density at radius 3 is 2.43 bits per heavy atom. The molecular formula is C16H16BrNO3. The number of amides is 1. The maximum atomic E-state index is 12.3. The second-order valence-electron chi connectivity index (χ2n) is 4.48. The second-order valence-corrected chi connectivity index (χ2v) is 5.40. The molecule has 0 aromatic heterocycles. The molecule has 5 heteroatoms. The molecule has 0 spiro atoms. The van der Waals surface area contributed by atoms with Crippen molar-refractivity contribution in [1.29, 1.82) is 0 Å². The van der Waals surface area contributed by atoms with Gasteiger partial charge in [0, 0.05) is 10.0 Å². The van der Waals surface area contributed by atoms with Crippen molar-refractivity contribution < 1.29 is 14.3 Å². The van der Waals surface area contributed by atoms with Crippen LogP contribution in [0.1, 0.15) is 15.9 Å². The van der Waals surface area contributed by atoms with E-state index >= 15 is 0 Å². The summed E-state index contributed by atoms with van der Waals surface area (Å²) >= 11 is 3.38. The molecule has 0 unspecified atom stereocenters. The van der Waals surface area contributed by atoms with E-state index in [2.05, 4.69) is 21.2 Å². The van der Waals surface area contributed by atoms with Gasteiger partial charge in [-0.3, -0.25) is 4.79 Å². The highest BCUT2D eigenvalue weighted by atomic mass is 79.9. The standard InChI is InChI=1S/C16H16BrNO3/c1-10-4-5-11(8-15(10)21-3)16(19)18-13-9-12(17)6-7-14(13)20-2/h4-9H,1-3H3,(H,18,19). The zero-order valence-electron chi connectivity index (χ0n) is 12.1. The minimum atomic E-state index is -0.218. The van der Waals surface area contributed by atoms with Crippen LogP contribution in [0.5, 0.6) is 11.5 Å². The number of nitrogens with one attached hydrogen (secondary N) is 1. The Balaban J connectivity index is 2.28. The number of aryl methyl sites for hydroxylation is 1. The Morgan fingerprint density at radius 1 is 1.05 bits per heavy atom. The van der Waals surface area contributed by atoms with Crippen LogP contribution in [0.2, 0.25) is 0 Å². The average Bonchev–Trinajstić information content (AvgIpc) is 2.48. The van der Waals surface area contributed by atoms with Crippen LogP contribution < -0.4 is 14.8 Å². The van der Waals surface area contributed by atoms with Gasteiger partial charge in [-0.2, -0.15) is 0 Å². The van der Waals surface area contributed by atoms with Gasteiger partial charge in [-0.1, -0.05) is 22.0 Å². The quantitative estimate of drug-likeness (QED) is 0.906. The molecule has 0 aliphatic carbocycles. The fourth-order valence-electron chi connectivity index (χ4n) is 1.93. The third kappa shape index (κ3) is 3.55. The minimum Gasteiger partial charge on any atom is -0.496 e. The molecule has 4 nitrogen and oxygen atoms in total. The summed E-state index contributed by atoms with van der Waals surface area (Å²) in [4.78, 5) is 12.3. The molecule has 2 aromatic rings. The molecule has 1 N–H and O–H groups in total. The molecule has 0 saturated carbocycles. The SMILES string of the molecule is COc1cc(C(=O)Nc2cc(Br)ccc2OC)ccc1C. The molecule has 110 valence electrons. The zero-order valence-corrected chi connectivity index (χ0v) is 13.7. The van der Waals surface area contributed by atoms with Gasteiger partial charge in [-0.15, -0.1) is 0 Å². The van der Waals surface area contributed by atoms with Crippen LogP contribution in [0.3, 0.4) is 0 Å². The molecule has 0 heterocycles. The van der Waals surface area contributed by atoms with Gasteiger partial charge < -0.3 is 14.8 Å². The van der Waals surface area contributed by atoms with Crippen molar-refractivity contribution in [3.05, 3.63) is 52.0 Å². The highest BCUT2D eigenvalue weighted by Crippen LogP contribution is 2.28. The average molecular weight is 350 g/mol. The van der Waals surface area contributed by atoms with E-state index in [9.17, 15) is 4.79 Å². The normalized spacial score (nSPS) is 10.1. The Labute approximate surface area is 132 Å². The summed E-state index contributed by atoms with van der Waals surface area (Å²) < 4.78 is 11.3. The Hall–Kier alpha value is -2.01. The number of benzene rings is 2. The molecule has 0 atom stereocenters. The van der Waals surface area contributed by atoms with Gasteiger partial charge in [0.1, 0.15) is 11.5 Å². The van der Waals surface area contributed by atoms with E-state index < -0.39 is 0 Å². The molecule has 2 rings (SSSR count). The molecule has 0 bridgehead atoms. The largest absolute Gasteiger partial charge is 0.496 e. The van der Waals surface area contributed by atoms with Gasteiger partial charge >= 0.3 is 0 Å². The van der Waals surface area contributed by atoms with E-state index in [0.29, 0.717) is 22.7 Å². The molecule has 0 saturated heterocycles. The van der Waals surface area contributed by atoms with Crippen LogP contribution >= 0.6 is 15.9 Å². The molecule has 0 aliphatic heterocycles. The minimum absolute atomic E-state index is 0.218. The van der Waals surface area contributed by atoms with Gasteiger partial charge in [0.2, 0.25) is 0 Å². The van der Waals surface area contributed by atoms with Gasteiger partial charge in [0.05, 0.1) is 19.9 Å². The molecule has 1 amide bonds. The maximum absolute atomic E-state index is 12.3.